The molecule has 4 rings (SSSR count). The summed E-state index contributed by atoms with van der Waals surface area (Å²) < 4.78 is 10.5. The van der Waals surface area contributed by atoms with Crippen molar-refractivity contribution in [3.63, 3.8) is 0 Å². The largest absolute Gasteiger partial charge is 0.507 e. The number of nitrogens with zero attached hydrogens (tertiary/aromatic N) is 1. The molecule has 0 aromatic heterocycles. The second kappa shape index (κ2) is 9.90. The summed E-state index contributed by atoms with van der Waals surface area (Å²) in [6.07, 6.45) is 0. The maximum atomic E-state index is 13.2. The molecule has 8 nitrogen and oxygen atoms in total. The first-order valence-corrected chi connectivity index (χ1v) is 10.8. The fourth-order valence-electron chi connectivity index (χ4n) is 3.84. The van der Waals surface area contributed by atoms with Gasteiger partial charge < -0.3 is 19.7 Å². The molecule has 1 aliphatic rings. The van der Waals surface area contributed by atoms with Gasteiger partial charge in [-0.05, 0) is 66.2 Å². The Morgan fingerprint density at radius 2 is 1.66 bits per heavy atom. The molecule has 178 valence electrons. The summed E-state index contributed by atoms with van der Waals surface area (Å²) >= 11 is 5.96. The third-order valence-corrected chi connectivity index (χ3v) is 5.70. The molecule has 1 saturated heterocycles. The number of aliphatic hydroxyl groups excluding tert-OH is 1. The van der Waals surface area contributed by atoms with Crippen LogP contribution in [-0.4, -0.2) is 41.6 Å². The molecular weight excluding hydrogens is 474 g/mol. The van der Waals surface area contributed by atoms with Crippen molar-refractivity contribution in [2.75, 3.05) is 18.6 Å². The number of methoxy groups -OCH3 is 1. The van der Waals surface area contributed by atoms with Gasteiger partial charge in [-0.3, -0.25) is 14.5 Å². The van der Waals surface area contributed by atoms with E-state index in [-0.39, 0.29) is 17.1 Å². The lowest BCUT2D eigenvalue weighted by molar-refractivity contribution is -0.139. The summed E-state index contributed by atoms with van der Waals surface area (Å²) in [4.78, 5) is 38.4. The van der Waals surface area contributed by atoms with Crippen LogP contribution in [0.3, 0.4) is 0 Å². The molecule has 3 aromatic carbocycles. The van der Waals surface area contributed by atoms with Crippen LogP contribution >= 0.6 is 11.6 Å². The molecular formula is C26H20ClNO7. The van der Waals surface area contributed by atoms with Crippen molar-refractivity contribution < 1.29 is 34.1 Å². The molecule has 9 heteroatoms. The second-order valence-corrected chi connectivity index (χ2v) is 8.07. The zero-order valence-corrected chi connectivity index (χ0v) is 19.2. The van der Waals surface area contributed by atoms with Gasteiger partial charge >= 0.3 is 5.97 Å². The lowest BCUT2D eigenvalue weighted by Gasteiger charge is -2.26. The number of Topliss-reactive ketones (excluding diaryl/α,β-unsaturated/α-hetero) is 1. The van der Waals surface area contributed by atoms with E-state index in [0.29, 0.717) is 27.6 Å². The molecule has 0 aliphatic carbocycles. The summed E-state index contributed by atoms with van der Waals surface area (Å²) in [5.41, 5.74) is 1.15. The Bertz CT molecular complexity index is 1320. The van der Waals surface area contributed by atoms with Gasteiger partial charge in [-0.2, -0.15) is 0 Å². The number of carbonyl (C=O) groups excluding carboxylic acids is 2. The highest BCUT2D eigenvalue weighted by atomic mass is 35.5. The number of halogens is 1. The van der Waals surface area contributed by atoms with E-state index in [1.165, 1.54) is 36.3 Å². The van der Waals surface area contributed by atoms with Gasteiger partial charge in [-0.1, -0.05) is 23.7 Å². The zero-order chi connectivity index (χ0) is 25.1. The SMILES string of the molecule is COc1cccc([C@H]2C(=C(O)c3ccc(Cl)cc3)C(=O)C(=O)N2c2ccc(OCC(=O)O)cc2)c1. The summed E-state index contributed by atoms with van der Waals surface area (Å²) in [5.74, 6) is -2.34. The van der Waals surface area contributed by atoms with Gasteiger partial charge in [0.2, 0.25) is 0 Å². The van der Waals surface area contributed by atoms with Gasteiger partial charge in [0.25, 0.3) is 11.7 Å². The van der Waals surface area contributed by atoms with E-state index in [2.05, 4.69) is 0 Å². The average molecular weight is 494 g/mol. The third-order valence-electron chi connectivity index (χ3n) is 5.45. The van der Waals surface area contributed by atoms with Gasteiger partial charge in [0.05, 0.1) is 18.7 Å². The number of amides is 1. The van der Waals surface area contributed by atoms with Crippen LogP contribution in [0, 0.1) is 0 Å². The number of benzene rings is 3. The van der Waals surface area contributed by atoms with E-state index in [4.69, 9.17) is 26.2 Å². The smallest absolute Gasteiger partial charge is 0.341 e. The molecule has 35 heavy (non-hydrogen) atoms. The van der Waals surface area contributed by atoms with E-state index in [1.54, 1.807) is 48.5 Å². The average Bonchev–Trinajstić information content (AvgIpc) is 3.13. The molecule has 1 aliphatic heterocycles. The number of carboxylic acid groups (broad SMARTS) is 1. The third kappa shape index (κ3) is 4.83. The number of ketones is 1. The fraction of sp³-hybridized carbons (Fsp3) is 0.115. The highest BCUT2D eigenvalue weighted by Crippen LogP contribution is 2.43. The quantitative estimate of drug-likeness (QED) is 0.284. The molecule has 1 fully saturated rings. The number of anilines is 1. The Hall–Kier alpha value is -4.30. The molecule has 0 saturated carbocycles. The molecule has 0 spiro atoms. The Labute approximate surface area is 205 Å². The van der Waals surface area contributed by atoms with Crippen molar-refractivity contribution in [1.82, 2.24) is 0 Å². The van der Waals surface area contributed by atoms with Gasteiger partial charge in [0.15, 0.2) is 6.61 Å². The normalized spacial score (nSPS) is 16.9. The lowest BCUT2D eigenvalue weighted by Crippen LogP contribution is -2.29. The van der Waals surface area contributed by atoms with Crippen molar-refractivity contribution >= 4 is 40.7 Å². The molecule has 0 bridgehead atoms. The number of hydrogen-bond donors (Lipinski definition) is 2. The van der Waals surface area contributed by atoms with Crippen LogP contribution in [0.5, 0.6) is 11.5 Å². The van der Waals surface area contributed by atoms with E-state index in [0.717, 1.165) is 0 Å². The molecule has 0 unspecified atom stereocenters. The number of carbonyl (C=O) groups is 3. The van der Waals surface area contributed by atoms with Gasteiger partial charge in [0, 0.05) is 16.3 Å². The zero-order valence-electron chi connectivity index (χ0n) is 18.5. The van der Waals surface area contributed by atoms with Crippen molar-refractivity contribution in [2.45, 2.75) is 6.04 Å². The molecule has 1 atom stereocenters. The molecule has 1 amide bonds. The summed E-state index contributed by atoms with van der Waals surface area (Å²) in [7, 11) is 1.50. The summed E-state index contributed by atoms with van der Waals surface area (Å²) in [6.45, 7) is -0.519. The number of carboxylic acids is 1. The van der Waals surface area contributed by atoms with Crippen LogP contribution in [0.15, 0.2) is 78.4 Å². The molecule has 2 N–H and O–H groups in total. The van der Waals surface area contributed by atoms with Crippen molar-refractivity contribution in [2.24, 2.45) is 0 Å². The maximum Gasteiger partial charge on any atom is 0.341 e. The maximum absolute atomic E-state index is 13.2. The summed E-state index contributed by atoms with van der Waals surface area (Å²) in [6, 6.07) is 18.2. The summed E-state index contributed by atoms with van der Waals surface area (Å²) in [5, 5.41) is 20.4. The van der Waals surface area contributed by atoms with Gasteiger partial charge in [-0.25, -0.2) is 4.79 Å². The van der Waals surface area contributed by atoms with Gasteiger partial charge in [0.1, 0.15) is 17.3 Å². The molecule has 1 heterocycles. The lowest BCUT2D eigenvalue weighted by atomic mass is 9.95. The van der Waals surface area contributed by atoms with Crippen LogP contribution in [0.25, 0.3) is 5.76 Å². The monoisotopic (exact) mass is 493 g/mol. The van der Waals surface area contributed by atoms with Crippen LogP contribution in [-0.2, 0) is 14.4 Å². The minimum absolute atomic E-state index is 0.0863. The number of rotatable bonds is 7. The number of aliphatic hydroxyl groups is 1. The topological polar surface area (TPSA) is 113 Å². The fourth-order valence-corrected chi connectivity index (χ4v) is 3.96. The Kier molecular flexibility index (Phi) is 6.75. The van der Waals surface area contributed by atoms with Crippen LogP contribution in [0.1, 0.15) is 17.2 Å². The van der Waals surface area contributed by atoms with Crippen LogP contribution in [0.2, 0.25) is 5.02 Å². The minimum atomic E-state index is -1.13. The first kappa shape index (κ1) is 23.8. The number of aliphatic carboxylic acids is 1. The highest BCUT2D eigenvalue weighted by Gasteiger charge is 2.47. The molecule has 0 radical (unpaired) electrons. The first-order chi connectivity index (χ1) is 16.8. The second-order valence-electron chi connectivity index (χ2n) is 7.63. The van der Waals surface area contributed by atoms with Crippen molar-refractivity contribution in [1.29, 1.82) is 0 Å². The first-order valence-electron chi connectivity index (χ1n) is 10.5. The standard InChI is InChI=1S/C26H20ClNO7/c1-34-20-4-2-3-16(13-20)23-22(24(31)15-5-7-17(27)8-6-15)25(32)26(33)28(23)18-9-11-19(12-10-18)35-14-21(29)30/h2-13,23,31H,14H2,1H3,(H,29,30)/t23-/m0/s1. The minimum Gasteiger partial charge on any atom is -0.507 e. The van der Waals surface area contributed by atoms with E-state index in [9.17, 15) is 19.5 Å². The van der Waals surface area contributed by atoms with Crippen LogP contribution < -0.4 is 14.4 Å². The van der Waals surface area contributed by atoms with E-state index < -0.39 is 30.3 Å². The predicted octanol–water partition coefficient (Wildman–Crippen LogP) is 4.44. The Morgan fingerprint density at radius 3 is 2.29 bits per heavy atom. The highest BCUT2D eigenvalue weighted by molar-refractivity contribution is 6.51. The predicted molar refractivity (Wildman–Crippen MR) is 129 cm³/mol. The Balaban J connectivity index is 1.84. The molecule has 3 aromatic rings. The number of hydrogen-bond acceptors (Lipinski definition) is 6. The number of ether oxygens (including phenoxy) is 2. The van der Waals surface area contributed by atoms with Crippen LogP contribution in [0.4, 0.5) is 5.69 Å². The van der Waals surface area contributed by atoms with Crippen molar-refractivity contribution in [3.8, 4) is 11.5 Å². The van der Waals surface area contributed by atoms with E-state index >= 15 is 0 Å². The Morgan fingerprint density at radius 1 is 0.971 bits per heavy atom. The van der Waals surface area contributed by atoms with Gasteiger partial charge in [-0.15, -0.1) is 0 Å². The van der Waals surface area contributed by atoms with Crippen molar-refractivity contribution in [3.05, 3.63) is 94.5 Å². The van der Waals surface area contributed by atoms with E-state index in [1.807, 2.05) is 0 Å².